The molecule has 1 fully saturated rings. The summed E-state index contributed by atoms with van der Waals surface area (Å²) in [5.41, 5.74) is 1.41. The van der Waals surface area contributed by atoms with Crippen LogP contribution >= 0.6 is 0 Å². The fourth-order valence-corrected chi connectivity index (χ4v) is 2.93. The first-order valence-electron chi connectivity index (χ1n) is 8.38. The molecule has 1 aromatic carbocycles. The van der Waals surface area contributed by atoms with Crippen molar-refractivity contribution in [2.45, 2.75) is 19.3 Å². The number of piperidine rings is 1. The number of nitrogens with zero attached hydrogens (tertiary/aromatic N) is 3. The molecule has 5 nitrogen and oxygen atoms in total. The standard InChI is InChI=1S/C20H19N3O2/c21-15-17-9-7-16(8-10-17)14-18(23-13-5-2-6-19(23)24)20(25)22-11-3-1-4-12-22/h2,5-10,13-14H,1,3-4,11-12H2. The van der Waals surface area contributed by atoms with Gasteiger partial charge in [0.05, 0.1) is 11.6 Å². The second-order valence-corrected chi connectivity index (χ2v) is 6.03. The molecule has 0 radical (unpaired) electrons. The van der Waals surface area contributed by atoms with Gasteiger partial charge in [-0.2, -0.15) is 5.26 Å². The monoisotopic (exact) mass is 333 g/mol. The van der Waals surface area contributed by atoms with Crippen LogP contribution in [0.25, 0.3) is 11.8 Å². The van der Waals surface area contributed by atoms with Crippen molar-refractivity contribution in [3.8, 4) is 6.07 Å². The molecule has 2 heterocycles. The minimum absolute atomic E-state index is 0.141. The van der Waals surface area contributed by atoms with Crippen molar-refractivity contribution in [1.29, 1.82) is 5.26 Å². The molecule has 0 unspecified atom stereocenters. The van der Waals surface area contributed by atoms with Crippen molar-refractivity contribution in [3.63, 3.8) is 0 Å². The Hall–Kier alpha value is -3.13. The predicted molar refractivity (Wildman–Crippen MR) is 96.5 cm³/mol. The fraction of sp³-hybridized carbons (Fsp3) is 0.250. The van der Waals surface area contributed by atoms with Crippen LogP contribution in [0.2, 0.25) is 0 Å². The Kier molecular flexibility index (Phi) is 5.10. The zero-order valence-electron chi connectivity index (χ0n) is 13.9. The summed E-state index contributed by atoms with van der Waals surface area (Å²) < 4.78 is 1.38. The quantitative estimate of drug-likeness (QED) is 0.811. The largest absolute Gasteiger partial charge is 0.337 e. The van der Waals surface area contributed by atoms with E-state index in [0.29, 0.717) is 24.4 Å². The second-order valence-electron chi connectivity index (χ2n) is 6.03. The highest BCUT2D eigenvalue weighted by atomic mass is 16.2. The number of hydrogen-bond acceptors (Lipinski definition) is 3. The molecule has 1 aliphatic heterocycles. The summed E-state index contributed by atoms with van der Waals surface area (Å²) in [7, 11) is 0. The minimum Gasteiger partial charge on any atom is -0.337 e. The number of aromatic nitrogens is 1. The Balaban J connectivity index is 2.03. The van der Waals surface area contributed by atoms with Gasteiger partial charge in [0.2, 0.25) is 0 Å². The Labute approximate surface area is 146 Å². The fourth-order valence-electron chi connectivity index (χ4n) is 2.93. The number of nitriles is 1. The van der Waals surface area contributed by atoms with E-state index in [1.807, 2.05) is 0 Å². The lowest BCUT2D eigenvalue weighted by Crippen LogP contribution is -2.38. The molecule has 25 heavy (non-hydrogen) atoms. The molecular weight excluding hydrogens is 314 g/mol. The van der Waals surface area contributed by atoms with Crippen molar-refractivity contribution < 1.29 is 4.79 Å². The number of carbonyl (C=O) groups is 1. The van der Waals surface area contributed by atoms with Gasteiger partial charge >= 0.3 is 0 Å². The third kappa shape index (κ3) is 3.86. The van der Waals surface area contributed by atoms with E-state index in [2.05, 4.69) is 6.07 Å². The lowest BCUT2D eigenvalue weighted by molar-refractivity contribution is -0.126. The van der Waals surface area contributed by atoms with Crippen molar-refractivity contribution in [2.24, 2.45) is 0 Å². The molecule has 0 N–H and O–H groups in total. The number of hydrogen-bond donors (Lipinski definition) is 0. The van der Waals surface area contributed by atoms with Gasteiger partial charge in [-0.25, -0.2) is 0 Å². The first-order valence-corrected chi connectivity index (χ1v) is 8.38. The molecule has 1 aliphatic rings. The number of rotatable bonds is 3. The Morgan fingerprint density at radius 2 is 1.76 bits per heavy atom. The van der Waals surface area contributed by atoms with Crippen LogP contribution in [0.1, 0.15) is 30.4 Å². The van der Waals surface area contributed by atoms with Crippen LogP contribution in [-0.2, 0) is 4.79 Å². The summed E-state index contributed by atoms with van der Waals surface area (Å²) in [6.45, 7) is 1.43. The third-order valence-corrected chi connectivity index (χ3v) is 4.29. The molecule has 0 spiro atoms. The van der Waals surface area contributed by atoms with Gasteiger partial charge in [0.25, 0.3) is 11.5 Å². The van der Waals surface area contributed by atoms with Crippen LogP contribution in [0.15, 0.2) is 53.5 Å². The van der Waals surface area contributed by atoms with Gasteiger partial charge in [0.1, 0.15) is 5.70 Å². The molecule has 1 aromatic heterocycles. The maximum Gasteiger partial charge on any atom is 0.270 e. The minimum atomic E-state index is -0.243. The summed E-state index contributed by atoms with van der Waals surface area (Å²) in [5.74, 6) is -0.141. The van der Waals surface area contributed by atoms with E-state index in [9.17, 15) is 9.59 Å². The number of carbonyl (C=O) groups excluding carboxylic acids is 1. The molecule has 1 saturated heterocycles. The highest BCUT2D eigenvalue weighted by Crippen LogP contribution is 2.17. The van der Waals surface area contributed by atoms with Crippen LogP contribution in [0.3, 0.4) is 0 Å². The molecule has 0 saturated carbocycles. The number of amides is 1. The lowest BCUT2D eigenvalue weighted by atomic mass is 10.1. The predicted octanol–water partition coefficient (Wildman–Crippen LogP) is 2.73. The average Bonchev–Trinajstić information content (AvgIpc) is 2.67. The van der Waals surface area contributed by atoms with Gasteiger partial charge in [-0.15, -0.1) is 0 Å². The van der Waals surface area contributed by atoms with Crippen LogP contribution in [0.5, 0.6) is 0 Å². The molecule has 0 atom stereocenters. The van der Waals surface area contributed by atoms with Crippen LogP contribution in [-0.4, -0.2) is 28.5 Å². The Morgan fingerprint density at radius 3 is 2.40 bits per heavy atom. The Bertz CT molecular complexity index is 882. The normalized spacial score (nSPS) is 14.8. The maximum atomic E-state index is 13.0. The summed E-state index contributed by atoms with van der Waals surface area (Å²) in [5, 5.41) is 8.91. The van der Waals surface area contributed by atoms with Crippen molar-refractivity contribution in [3.05, 3.63) is 70.1 Å². The van der Waals surface area contributed by atoms with E-state index in [1.165, 1.54) is 10.6 Å². The smallest absolute Gasteiger partial charge is 0.270 e. The molecule has 3 rings (SSSR count). The first kappa shape index (κ1) is 16.7. The molecule has 5 heteroatoms. The zero-order chi connectivity index (χ0) is 17.6. The Morgan fingerprint density at radius 1 is 1.04 bits per heavy atom. The number of likely N-dealkylation sites (tertiary alicyclic amines) is 1. The van der Waals surface area contributed by atoms with Gasteiger partial charge < -0.3 is 4.90 Å². The number of pyridine rings is 1. The van der Waals surface area contributed by atoms with E-state index in [1.54, 1.807) is 53.6 Å². The maximum absolute atomic E-state index is 13.0. The molecule has 1 amide bonds. The second kappa shape index (κ2) is 7.63. The lowest BCUT2D eigenvalue weighted by Gasteiger charge is -2.28. The van der Waals surface area contributed by atoms with Crippen molar-refractivity contribution in [2.75, 3.05) is 13.1 Å². The van der Waals surface area contributed by atoms with E-state index in [0.717, 1.165) is 24.8 Å². The molecule has 126 valence electrons. The first-order chi connectivity index (χ1) is 12.2. The van der Waals surface area contributed by atoms with E-state index < -0.39 is 0 Å². The summed E-state index contributed by atoms with van der Waals surface area (Å²) in [6, 6.07) is 13.8. The van der Waals surface area contributed by atoms with E-state index in [4.69, 9.17) is 5.26 Å². The van der Waals surface area contributed by atoms with Crippen LogP contribution in [0, 0.1) is 11.3 Å². The molecule has 0 aliphatic carbocycles. The van der Waals surface area contributed by atoms with Crippen molar-refractivity contribution in [1.82, 2.24) is 9.47 Å². The van der Waals surface area contributed by atoms with Crippen LogP contribution in [0.4, 0.5) is 0 Å². The summed E-state index contributed by atoms with van der Waals surface area (Å²) in [6.07, 6.45) is 6.42. The average molecular weight is 333 g/mol. The van der Waals surface area contributed by atoms with Gasteiger partial charge in [-0.05, 0) is 49.1 Å². The highest BCUT2D eigenvalue weighted by Gasteiger charge is 2.22. The van der Waals surface area contributed by atoms with Gasteiger partial charge in [0, 0.05) is 25.4 Å². The zero-order valence-corrected chi connectivity index (χ0v) is 13.9. The molecule has 0 bridgehead atoms. The van der Waals surface area contributed by atoms with Gasteiger partial charge in [-0.3, -0.25) is 14.2 Å². The van der Waals surface area contributed by atoms with Gasteiger partial charge in [0.15, 0.2) is 0 Å². The van der Waals surface area contributed by atoms with E-state index in [-0.39, 0.29) is 11.5 Å². The topological polar surface area (TPSA) is 66.1 Å². The summed E-state index contributed by atoms with van der Waals surface area (Å²) in [4.78, 5) is 27.1. The highest BCUT2D eigenvalue weighted by molar-refractivity contribution is 6.18. The third-order valence-electron chi connectivity index (χ3n) is 4.29. The van der Waals surface area contributed by atoms with Crippen LogP contribution < -0.4 is 5.56 Å². The van der Waals surface area contributed by atoms with Crippen molar-refractivity contribution >= 4 is 17.7 Å². The molecular formula is C20H19N3O2. The SMILES string of the molecule is N#Cc1ccc(C=C(C(=O)N2CCCCC2)n2ccccc2=O)cc1. The van der Waals surface area contributed by atoms with Gasteiger partial charge in [-0.1, -0.05) is 18.2 Å². The molecule has 2 aromatic rings. The summed E-state index contributed by atoms with van der Waals surface area (Å²) >= 11 is 0. The van der Waals surface area contributed by atoms with E-state index >= 15 is 0 Å². The number of benzene rings is 1.